The average Bonchev–Trinajstić information content (AvgIpc) is 2.31. The Morgan fingerprint density at radius 2 is 2.00 bits per heavy atom. The van der Waals surface area contributed by atoms with E-state index >= 15 is 0 Å². The van der Waals surface area contributed by atoms with Gasteiger partial charge in [-0.25, -0.2) is 0 Å². The van der Waals surface area contributed by atoms with Crippen molar-refractivity contribution in [2.45, 2.75) is 39.7 Å². The van der Waals surface area contributed by atoms with Gasteiger partial charge in [-0.1, -0.05) is 25.1 Å². The lowest BCUT2D eigenvalue weighted by molar-refractivity contribution is 0.601. The molecular weight excluding hydrogens is 196 g/mol. The Bertz CT molecular complexity index is 309. The zero-order valence-corrected chi connectivity index (χ0v) is 10.7. The highest BCUT2D eigenvalue weighted by Crippen LogP contribution is 2.22. The third kappa shape index (κ3) is 3.24. The lowest BCUT2D eigenvalue weighted by Gasteiger charge is -2.32. The van der Waals surface area contributed by atoms with E-state index in [0.717, 1.165) is 19.5 Å². The van der Waals surface area contributed by atoms with Crippen LogP contribution in [0.3, 0.4) is 0 Å². The second-order valence-electron chi connectivity index (χ2n) is 4.38. The van der Waals surface area contributed by atoms with Crippen molar-refractivity contribution in [1.82, 2.24) is 0 Å². The van der Waals surface area contributed by atoms with E-state index in [0.29, 0.717) is 6.04 Å². The molecular formula is C14H24N2. The summed E-state index contributed by atoms with van der Waals surface area (Å²) in [6.45, 7) is 8.50. The molecule has 0 fully saturated rings. The molecule has 2 nitrogen and oxygen atoms in total. The summed E-state index contributed by atoms with van der Waals surface area (Å²) in [5, 5.41) is 0. The van der Waals surface area contributed by atoms with Crippen molar-refractivity contribution in [3.05, 3.63) is 29.8 Å². The highest BCUT2D eigenvalue weighted by Gasteiger charge is 2.13. The molecule has 0 radical (unpaired) electrons. The molecule has 0 aromatic heterocycles. The first kappa shape index (κ1) is 13.0. The van der Waals surface area contributed by atoms with E-state index in [2.05, 4.69) is 49.9 Å². The van der Waals surface area contributed by atoms with Crippen molar-refractivity contribution in [1.29, 1.82) is 0 Å². The van der Waals surface area contributed by atoms with Crippen molar-refractivity contribution in [2.24, 2.45) is 5.73 Å². The third-order valence-corrected chi connectivity index (χ3v) is 3.15. The first-order chi connectivity index (χ1) is 7.70. The number of hydrogen-bond acceptors (Lipinski definition) is 2. The molecule has 0 aliphatic carbocycles. The molecule has 1 aromatic rings. The predicted octanol–water partition coefficient (Wildman–Crippen LogP) is 2.95. The number of para-hydroxylation sites is 1. The average molecular weight is 220 g/mol. The molecule has 1 unspecified atom stereocenters. The Kier molecular flexibility index (Phi) is 5.33. The topological polar surface area (TPSA) is 29.3 Å². The Balaban J connectivity index is 2.87. The first-order valence-electron chi connectivity index (χ1n) is 6.23. The van der Waals surface area contributed by atoms with Gasteiger partial charge in [-0.3, -0.25) is 0 Å². The van der Waals surface area contributed by atoms with Crippen LogP contribution in [0.25, 0.3) is 0 Å². The standard InChI is InChI=1S/C14H24N2/c1-4-13(3)16(11-7-10-15)14-9-6-5-8-12(14)2/h5-6,8-9,13H,4,7,10-11,15H2,1-3H3. The van der Waals surface area contributed by atoms with Crippen LogP contribution in [-0.4, -0.2) is 19.1 Å². The molecule has 0 aliphatic heterocycles. The fourth-order valence-electron chi connectivity index (χ4n) is 1.95. The summed E-state index contributed by atoms with van der Waals surface area (Å²) in [6.07, 6.45) is 2.22. The van der Waals surface area contributed by atoms with Gasteiger partial charge in [0.05, 0.1) is 0 Å². The van der Waals surface area contributed by atoms with Crippen LogP contribution in [0.1, 0.15) is 32.3 Å². The van der Waals surface area contributed by atoms with Gasteiger partial charge >= 0.3 is 0 Å². The predicted molar refractivity (Wildman–Crippen MR) is 71.9 cm³/mol. The first-order valence-corrected chi connectivity index (χ1v) is 6.23. The van der Waals surface area contributed by atoms with Gasteiger partial charge in [0, 0.05) is 18.3 Å². The molecule has 0 spiro atoms. The van der Waals surface area contributed by atoms with E-state index in [1.807, 2.05) is 0 Å². The van der Waals surface area contributed by atoms with Crippen LogP contribution >= 0.6 is 0 Å². The summed E-state index contributed by atoms with van der Waals surface area (Å²) >= 11 is 0. The Hall–Kier alpha value is -1.02. The highest BCUT2D eigenvalue weighted by atomic mass is 15.2. The summed E-state index contributed by atoms with van der Waals surface area (Å²) in [5.41, 5.74) is 8.31. The maximum absolute atomic E-state index is 5.61. The van der Waals surface area contributed by atoms with E-state index < -0.39 is 0 Å². The van der Waals surface area contributed by atoms with Gasteiger partial charge in [0.25, 0.3) is 0 Å². The zero-order chi connectivity index (χ0) is 12.0. The molecule has 0 saturated heterocycles. The smallest absolute Gasteiger partial charge is 0.0398 e. The Labute approximate surface area is 99.5 Å². The highest BCUT2D eigenvalue weighted by molar-refractivity contribution is 5.53. The second kappa shape index (κ2) is 6.54. The molecule has 0 heterocycles. The van der Waals surface area contributed by atoms with Crippen LogP contribution in [-0.2, 0) is 0 Å². The van der Waals surface area contributed by atoms with Crippen molar-refractivity contribution in [2.75, 3.05) is 18.0 Å². The number of nitrogens with two attached hydrogens (primary N) is 1. The Morgan fingerprint density at radius 1 is 1.31 bits per heavy atom. The van der Waals surface area contributed by atoms with Crippen molar-refractivity contribution in [3.63, 3.8) is 0 Å². The molecule has 2 heteroatoms. The van der Waals surface area contributed by atoms with Gasteiger partial charge < -0.3 is 10.6 Å². The molecule has 0 saturated carbocycles. The fourth-order valence-corrected chi connectivity index (χ4v) is 1.95. The van der Waals surface area contributed by atoms with Crippen molar-refractivity contribution < 1.29 is 0 Å². The summed E-state index contributed by atoms with van der Waals surface area (Å²) in [4.78, 5) is 2.47. The number of rotatable bonds is 6. The summed E-state index contributed by atoms with van der Waals surface area (Å²) in [6, 6.07) is 9.16. The normalized spacial score (nSPS) is 12.5. The van der Waals surface area contributed by atoms with E-state index in [-0.39, 0.29) is 0 Å². The number of aryl methyl sites for hydroxylation is 1. The fraction of sp³-hybridized carbons (Fsp3) is 0.571. The second-order valence-corrected chi connectivity index (χ2v) is 4.38. The molecule has 0 bridgehead atoms. The molecule has 0 amide bonds. The van der Waals surface area contributed by atoms with Crippen molar-refractivity contribution >= 4 is 5.69 Å². The summed E-state index contributed by atoms with van der Waals surface area (Å²) in [5.74, 6) is 0. The Morgan fingerprint density at radius 3 is 2.56 bits per heavy atom. The monoisotopic (exact) mass is 220 g/mol. The minimum Gasteiger partial charge on any atom is -0.369 e. The van der Waals surface area contributed by atoms with Gasteiger partial charge in [-0.05, 0) is 44.9 Å². The van der Waals surface area contributed by atoms with Crippen LogP contribution in [0.5, 0.6) is 0 Å². The van der Waals surface area contributed by atoms with Crippen LogP contribution in [0.2, 0.25) is 0 Å². The van der Waals surface area contributed by atoms with Crippen LogP contribution in [0.15, 0.2) is 24.3 Å². The number of nitrogens with zero attached hydrogens (tertiary/aromatic N) is 1. The SMILES string of the molecule is CCC(C)N(CCCN)c1ccccc1C. The van der Waals surface area contributed by atoms with Crippen LogP contribution in [0.4, 0.5) is 5.69 Å². The maximum atomic E-state index is 5.61. The van der Waals surface area contributed by atoms with Gasteiger partial charge in [0.1, 0.15) is 0 Å². The molecule has 1 rings (SSSR count). The molecule has 1 aromatic carbocycles. The number of benzene rings is 1. The van der Waals surface area contributed by atoms with E-state index in [1.54, 1.807) is 0 Å². The lowest BCUT2D eigenvalue weighted by Crippen LogP contribution is -2.34. The van der Waals surface area contributed by atoms with Gasteiger partial charge in [0.15, 0.2) is 0 Å². The minimum absolute atomic E-state index is 0.577. The molecule has 2 N–H and O–H groups in total. The van der Waals surface area contributed by atoms with Gasteiger partial charge in [-0.15, -0.1) is 0 Å². The molecule has 90 valence electrons. The number of hydrogen-bond donors (Lipinski definition) is 1. The minimum atomic E-state index is 0.577. The summed E-state index contributed by atoms with van der Waals surface area (Å²) in [7, 11) is 0. The summed E-state index contributed by atoms with van der Waals surface area (Å²) < 4.78 is 0. The molecule has 16 heavy (non-hydrogen) atoms. The quantitative estimate of drug-likeness (QED) is 0.798. The van der Waals surface area contributed by atoms with E-state index in [1.165, 1.54) is 17.7 Å². The maximum Gasteiger partial charge on any atom is 0.0398 e. The molecule has 0 aliphatic rings. The van der Waals surface area contributed by atoms with Gasteiger partial charge in [-0.2, -0.15) is 0 Å². The van der Waals surface area contributed by atoms with Crippen LogP contribution < -0.4 is 10.6 Å². The van der Waals surface area contributed by atoms with Crippen molar-refractivity contribution in [3.8, 4) is 0 Å². The van der Waals surface area contributed by atoms with Crippen LogP contribution in [0, 0.1) is 6.92 Å². The third-order valence-electron chi connectivity index (χ3n) is 3.15. The zero-order valence-electron chi connectivity index (χ0n) is 10.7. The van der Waals surface area contributed by atoms with E-state index in [9.17, 15) is 0 Å². The molecule has 1 atom stereocenters. The van der Waals surface area contributed by atoms with E-state index in [4.69, 9.17) is 5.73 Å². The van der Waals surface area contributed by atoms with Gasteiger partial charge in [0.2, 0.25) is 0 Å². The lowest BCUT2D eigenvalue weighted by atomic mass is 10.1. The largest absolute Gasteiger partial charge is 0.369 e. The number of anilines is 1.